The SMILES string of the molecule is CC(Sc1nnc(-c2cccnc2)n1Cc1ccco1)C(=O)NC1CC1. The Kier molecular flexibility index (Phi) is 4.75. The van der Waals surface area contributed by atoms with E-state index in [1.807, 2.05) is 35.8 Å². The zero-order chi connectivity index (χ0) is 17.9. The molecule has 134 valence electrons. The van der Waals surface area contributed by atoms with Gasteiger partial charge in [0.1, 0.15) is 5.76 Å². The van der Waals surface area contributed by atoms with E-state index in [1.54, 1.807) is 18.7 Å². The van der Waals surface area contributed by atoms with Gasteiger partial charge in [-0.1, -0.05) is 11.8 Å². The Labute approximate surface area is 155 Å². The van der Waals surface area contributed by atoms with Crippen LogP contribution in [0.25, 0.3) is 11.4 Å². The summed E-state index contributed by atoms with van der Waals surface area (Å²) in [4.78, 5) is 16.4. The van der Waals surface area contributed by atoms with E-state index in [1.165, 1.54) is 11.8 Å². The van der Waals surface area contributed by atoms with Gasteiger partial charge in [0.25, 0.3) is 0 Å². The fourth-order valence-electron chi connectivity index (χ4n) is 2.54. The molecule has 1 unspecified atom stereocenters. The lowest BCUT2D eigenvalue weighted by Gasteiger charge is -2.13. The van der Waals surface area contributed by atoms with Crippen LogP contribution in [0.15, 0.2) is 52.5 Å². The number of pyridine rings is 1. The van der Waals surface area contributed by atoms with Gasteiger partial charge in [0.2, 0.25) is 5.91 Å². The molecule has 1 fully saturated rings. The third-order valence-corrected chi connectivity index (χ3v) is 5.19. The summed E-state index contributed by atoms with van der Waals surface area (Å²) in [6.07, 6.45) is 7.25. The fourth-order valence-corrected chi connectivity index (χ4v) is 3.40. The average Bonchev–Trinajstić information content (AvgIpc) is 3.16. The number of thioether (sulfide) groups is 1. The Hall–Kier alpha value is -2.61. The number of amides is 1. The second-order valence-electron chi connectivity index (χ2n) is 6.26. The Morgan fingerprint density at radius 3 is 2.96 bits per heavy atom. The first-order chi connectivity index (χ1) is 12.7. The summed E-state index contributed by atoms with van der Waals surface area (Å²) < 4.78 is 7.45. The molecule has 0 saturated heterocycles. The molecule has 1 aliphatic rings. The van der Waals surface area contributed by atoms with Crippen molar-refractivity contribution in [3.63, 3.8) is 0 Å². The maximum absolute atomic E-state index is 12.3. The van der Waals surface area contributed by atoms with Crippen LogP contribution < -0.4 is 5.32 Å². The van der Waals surface area contributed by atoms with E-state index in [-0.39, 0.29) is 11.2 Å². The molecule has 1 amide bonds. The van der Waals surface area contributed by atoms with Crippen molar-refractivity contribution in [2.24, 2.45) is 0 Å². The number of carbonyl (C=O) groups is 1. The Bertz CT molecular complexity index is 874. The molecule has 1 N–H and O–H groups in total. The van der Waals surface area contributed by atoms with E-state index in [4.69, 9.17) is 4.42 Å². The van der Waals surface area contributed by atoms with E-state index in [9.17, 15) is 4.79 Å². The number of hydrogen-bond acceptors (Lipinski definition) is 6. The van der Waals surface area contributed by atoms with Crippen molar-refractivity contribution in [3.05, 3.63) is 48.7 Å². The van der Waals surface area contributed by atoms with Gasteiger partial charge < -0.3 is 9.73 Å². The van der Waals surface area contributed by atoms with Crippen LogP contribution in [-0.4, -0.2) is 36.9 Å². The minimum atomic E-state index is -0.253. The zero-order valence-electron chi connectivity index (χ0n) is 14.3. The minimum absolute atomic E-state index is 0.0352. The standard InChI is InChI=1S/C18H19N5O2S/c1-12(17(24)20-14-6-7-14)26-18-22-21-16(13-4-2-8-19-10-13)23(18)11-15-5-3-9-25-15/h2-5,8-10,12,14H,6-7,11H2,1H3,(H,20,24). The summed E-state index contributed by atoms with van der Waals surface area (Å²) in [5.41, 5.74) is 0.869. The van der Waals surface area contributed by atoms with Crippen LogP contribution in [0.4, 0.5) is 0 Å². The molecule has 3 aromatic heterocycles. The Morgan fingerprint density at radius 2 is 2.27 bits per heavy atom. The molecule has 0 radical (unpaired) electrons. The van der Waals surface area contributed by atoms with Crippen LogP contribution in [0.3, 0.4) is 0 Å². The van der Waals surface area contributed by atoms with Gasteiger partial charge in [0.05, 0.1) is 18.1 Å². The smallest absolute Gasteiger partial charge is 0.233 e. The first-order valence-corrected chi connectivity index (χ1v) is 9.41. The largest absolute Gasteiger partial charge is 0.467 e. The van der Waals surface area contributed by atoms with Gasteiger partial charge in [-0.25, -0.2) is 0 Å². The monoisotopic (exact) mass is 369 g/mol. The topological polar surface area (TPSA) is 85.8 Å². The van der Waals surface area contributed by atoms with E-state index < -0.39 is 0 Å². The number of nitrogens with one attached hydrogen (secondary N) is 1. The highest BCUT2D eigenvalue weighted by Crippen LogP contribution is 2.28. The van der Waals surface area contributed by atoms with Crippen LogP contribution in [0.5, 0.6) is 0 Å². The zero-order valence-corrected chi connectivity index (χ0v) is 15.1. The Morgan fingerprint density at radius 1 is 1.38 bits per heavy atom. The fraction of sp³-hybridized carbons (Fsp3) is 0.333. The van der Waals surface area contributed by atoms with Crippen LogP contribution in [0, 0.1) is 0 Å². The molecule has 7 nitrogen and oxygen atoms in total. The summed E-state index contributed by atoms with van der Waals surface area (Å²) in [6.45, 7) is 2.38. The molecule has 0 bridgehead atoms. The van der Waals surface area contributed by atoms with Gasteiger partial charge in [0.15, 0.2) is 11.0 Å². The second-order valence-corrected chi connectivity index (χ2v) is 7.56. The average molecular weight is 369 g/mol. The number of rotatable bonds is 7. The summed E-state index contributed by atoms with van der Waals surface area (Å²) in [5, 5.41) is 12.1. The molecule has 0 aromatic carbocycles. The lowest BCUT2D eigenvalue weighted by Crippen LogP contribution is -2.32. The molecular weight excluding hydrogens is 350 g/mol. The van der Waals surface area contributed by atoms with Gasteiger partial charge in [-0.15, -0.1) is 10.2 Å². The number of carbonyl (C=O) groups excluding carboxylic acids is 1. The molecule has 3 heterocycles. The van der Waals surface area contributed by atoms with Crippen molar-refractivity contribution in [2.75, 3.05) is 0 Å². The van der Waals surface area contributed by atoms with Crippen molar-refractivity contribution in [1.29, 1.82) is 0 Å². The molecule has 26 heavy (non-hydrogen) atoms. The third-order valence-electron chi connectivity index (χ3n) is 4.11. The van der Waals surface area contributed by atoms with Crippen molar-refractivity contribution < 1.29 is 9.21 Å². The van der Waals surface area contributed by atoms with Crippen molar-refractivity contribution in [1.82, 2.24) is 25.1 Å². The van der Waals surface area contributed by atoms with Crippen molar-refractivity contribution in [2.45, 2.75) is 42.8 Å². The predicted molar refractivity (Wildman–Crippen MR) is 97.5 cm³/mol. The lowest BCUT2D eigenvalue weighted by atomic mass is 10.2. The number of hydrogen-bond donors (Lipinski definition) is 1. The maximum Gasteiger partial charge on any atom is 0.233 e. The molecule has 3 aromatic rings. The van der Waals surface area contributed by atoms with Gasteiger partial charge in [0, 0.05) is 24.0 Å². The highest BCUT2D eigenvalue weighted by atomic mass is 32.2. The van der Waals surface area contributed by atoms with Crippen LogP contribution >= 0.6 is 11.8 Å². The van der Waals surface area contributed by atoms with Crippen molar-refractivity contribution in [3.8, 4) is 11.4 Å². The molecule has 4 rings (SSSR count). The summed E-state index contributed by atoms with van der Waals surface area (Å²) >= 11 is 1.40. The summed E-state index contributed by atoms with van der Waals surface area (Å²) in [5.74, 6) is 1.53. The third kappa shape index (κ3) is 3.80. The van der Waals surface area contributed by atoms with E-state index >= 15 is 0 Å². The molecule has 1 saturated carbocycles. The summed E-state index contributed by atoms with van der Waals surface area (Å²) in [7, 11) is 0. The molecular formula is C18H19N5O2S. The van der Waals surface area contributed by atoms with E-state index in [2.05, 4.69) is 20.5 Å². The summed E-state index contributed by atoms with van der Waals surface area (Å²) in [6, 6.07) is 7.90. The van der Waals surface area contributed by atoms with E-state index in [0.29, 0.717) is 23.6 Å². The van der Waals surface area contributed by atoms with Gasteiger partial charge in [-0.3, -0.25) is 14.3 Å². The first-order valence-electron chi connectivity index (χ1n) is 8.53. The molecule has 1 aliphatic carbocycles. The normalized spacial score (nSPS) is 15.0. The number of furan rings is 1. The highest BCUT2D eigenvalue weighted by Gasteiger charge is 2.27. The molecule has 0 aliphatic heterocycles. The predicted octanol–water partition coefficient (Wildman–Crippen LogP) is 2.74. The van der Waals surface area contributed by atoms with Gasteiger partial charge in [-0.05, 0) is 44.0 Å². The van der Waals surface area contributed by atoms with E-state index in [0.717, 1.165) is 24.2 Å². The van der Waals surface area contributed by atoms with Crippen LogP contribution in [0.1, 0.15) is 25.5 Å². The van der Waals surface area contributed by atoms with Gasteiger partial charge >= 0.3 is 0 Å². The number of nitrogens with zero attached hydrogens (tertiary/aromatic N) is 4. The molecule has 1 atom stereocenters. The van der Waals surface area contributed by atoms with Crippen molar-refractivity contribution >= 4 is 17.7 Å². The quantitative estimate of drug-likeness (QED) is 0.645. The highest BCUT2D eigenvalue weighted by molar-refractivity contribution is 8.00. The maximum atomic E-state index is 12.3. The first kappa shape index (κ1) is 16.8. The minimum Gasteiger partial charge on any atom is -0.467 e. The number of aromatic nitrogens is 4. The van der Waals surface area contributed by atoms with Crippen LogP contribution in [0.2, 0.25) is 0 Å². The Balaban J connectivity index is 1.60. The van der Waals surface area contributed by atoms with Crippen LogP contribution in [-0.2, 0) is 11.3 Å². The molecule has 8 heteroatoms. The lowest BCUT2D eigenvalue weighted by molar-refractivity contribution is -0.120. The van der Waals surface area contributed by atoms with Gasteiger partial charge in [-0.2, -0.15) is 0 Å². The second kappa shape index (κ2) is 7.33. The molecule has 0 spiro atoms.